The van der Waals surface area contributed by atoms with Gasteiger partial charge in [-0.1, -0.05) is 6.92 Å². The van der Waals surface area contributed by atoms with Crippen LogP contribution in [0, 0.1) is 11.8 Å². The molecule has 0 bridgehead atoms. The van der Waals surface area contributed by atoms with Crippen LogP contribution in [-0.2, 0) is 14.6 Å². The number of carbonyl (C=O) groups is 2. The standard InChI is InChI=1S/C11H18N2O5S/c1-7-4-13(5-9(7)10(14)15)11(16)12-8-2-3-19(17,18)6-8/h7-9H,2-6H2,1H3,(H,12,16)(H,14,15)/t7-,8?,9-/m1/s1. The molecule has 2 fully saturated rings. The van der Waals surface area contributed by atoms with Crippen molar-refractivity contribution in [3.8, 4) is 0 Å². The number of rotatable bonds is 2. The Hall–Kier alpha value is -1.31. The highest BCUT2D eigenvalue weighted by Crippen LogP contribution is 2.23. The zero-order chi connectivity index (χ0) is 14.2. The molecule has 8 heteroatoms. The minimum absolute atomic E-state index is 0.0233. The van der Waals surface area contributed by atoms with Crippen LogP contribution < -0.4 is 5.32 Å². The van der Waals surface area contributed by atoms with Gasteiger partial charge in [-0.25, -0.2) is 13.2 Å². The molecule has 2 heterocycles. The molecule has 2 amide bonds. The first kappa shape index (κ1) is 14.1. The van der Waals surface area contributed by atoms with Crippen molar-refractivity contribution in [1.82, 2.24) is 10.2 Å². The molecule has 2 N–H and O–H groups in total. The molecule has 19 heavy (non-hydrogen) atoms. The normalized spacial score (nSPS) is 33.3. The molecule has 0 aliphatic carbocycles. The second kappa shape index (κ2) is 4.99. The summed E-state index contributed by atoms with van der Waals surface area (Å²) in [6.45, 7) is 2.37. The molecular formula is C11H18N2O5S. The first-order valence-corrected chi connectivity index (χ1v) is 8.09. The molecule has 7 nitrogen and oxygen atoms in total. The third kappa shape index (κ3) is 3.17. The molecule has 0 spiro atoms. The first-order valence-electron chi connectivity index (χ1n) is 6.27. The van der Waals surface area contributed by atoms with Crippen molar-refractivity contribution >= 4 is 21.8 Å². The Labute approximate surface area is 111 Å². The molecule has 2 aliphatic heterocycles. The lowest BCUT2D eigenvalue weighted by Crippen LogP contribution is -2.44. The Morgan fingerprint density at radius 2 is 2.00 bits per heavy atom. The number of carboxylic acids is 1. The van der Waals surface area contributed by atoms with Crippen molar-refractivity contribution < 1.29 is 23.1 Å². The first-order chi connectivity index (χ1) is 8.78. The predicted octanol–water partition coefficient (Wildman–Crippen LogP) is -0.464. The average molecular weight is 290 g/mol. The van der Waals surface area contributed by atoms with E-state index in [4.69, 9.17) is 5.11 Å². The lowest BCUT2D eigenvalue weighted by molar-refractivity contribution is -0.142. The highest BCUT2D eigenvalue weighted by Gasteiger charge is 2.38. The minimum Gasteiger partial charge on any atom is -0.481 e. The lowest BCUT2D eigenvalue weighted by atomic mass is 9.99. The van der Waals surface area contributed by atoms with E-state index in [1.807, 2.05) is 0 Å². The van der Waals surface area contributed by atoms with Crippen molar-refractivity contribution in [1.29, 1.82) is 0 Å². The summed E-state index contributed by atoms with van der Waals surface area (Å²) < 4.78 is 22.6. The fraction of sp³-hybridized carbons (Fsp3) is 0.818. The molecule has 0 saturated carbocycles. The molecule has 1 unspecified atom stereocenters. The molecule has 3 atom stereocenters. The smallest absolute Gasteiger partial charge is 0.317 e. The summed E-state index contributed by atoms with van der Waals surface area (Å²) in [6.07, 6.45) is 0.430. The van der Waals surface area contributed by atoms with E-state index in [0.29, 0.717) is 13.0 Å². The van der Waals surface area contributed by atoms with Gasteiger partial charge in [-0.2, -0.15) is 0 Å². The summed E-state index contributed by atoms with van der Waals surface area (Å²) in [5.41, 5.74) is 0. The predicted molar refractivity (Wildman–Crippen MR) is 67.5 cm³/mol. The molecule has 0 aromatic heterocycles. The van der Waals surface area contributed by atoms with Crippen LogP contribution in [0.4, 0.5) is 4.79 Å². The summed E-state index contributed by atoms with van der Waals surface area (Å²) in [5.74, 6) is -1.45. The Balaban J connectivity index is 1.90. The number of hydrogen-bond acceptors (Lipinski definition) is 4. The van der Waals surface area contributed by atoms with Gasteiger partial charge in [0, 0.05) is 19.1 Å². The van der Waals surface area contributed by atoms with Crippen LogP contribution in [0.1, 0.15) is 13.3 Å². The van der Waals surface area contributed by atoms with E-state index in [-0.39, 0.29) is 36.0 Å². The number of carboxylic acid groups (broad SMARTS) is 1. The van der Waals surface area contributed by atoms with Crippen molar-refractivity contribution in [3.05, 3.63) is 0 Å². The third-order valence-electron chi connectivity index (χ3n) is 3.78. The minimum atomic E-state index is -3.03. The highest BCUT2D eigenvalue weighted by atomic mass is 32.2. The largest absolute Gasteiger partial charge is 0.481 e. The van der Waals surface area contributed by atoms with Crippen LogP contribution in [0.25, 0.3) is 0 Å². The van der Waals surface area contributed by atoms with Gasteiger partial charge in [-0.05, 0) is 12.3 Å². The number of urea groups is 1. The molecule has 2 aliphatic rings. The number of nitrogens with one attached hydrogen (secondary N) is 1. The molecule has 2 rings (SSSR count). The molecular weight excluding hydrogens is 272 g/mol. The SMILES string of the molecule is C[C@@H]1CN(C(=O)NC2CCS(=O)(=O)C2)C[C@H]1C(=O)O. The van der Waals surface area contributed by atoms with Crippen molar-refractivity contribution in [2.24, 2.45) is 11.8 Å². The van der Waals surface area contributed by atoms with Crippen LogP contribution in [0.2, 0.25) is 0 Å². The quantitative estimate of drug-likeness (QED) is 0.716. The average Bonchev–Trinajstić information content (AvgIpc) is 2.82. The van der Waals surface area contributed by atoms with Crippen LogP contribution in [0.3, 0.4) is 0 Å². The van der Waals surface area contributed by atoms with Crippen molar-refractivity contribution in [3.63, 3.8) is 0 Å². The maximum absolute atomic E-state index is 12.0. The third-order valence-corrected chi connectivity index (χ3v) is 5.54. The van der Waals surface area contributed by atoms with Crippen LogP contribution in [-0.4, -0.2) is 61.1 Å². The second-order valence-corrected chi connectivity index (χ2v) is 7.61. The number of aliphatic carboxylic acids is 1. The summed E-state index contributed by atoms with van der Waals surface area (Å²) in [7, 11) is -3.03. The van der Waals surface area contributed by atoms with Gasteiger partial charge in [-0.15, -0.1) is 0 Å². The summed E-state index contributed by atoms with van der Waals surface area (Å²) in [4.78, 5) is 24.4. The zero-order valence-corrected chi connectivity index (χ0v) is 11.5. The van der Waals surface area contributed by atoms with Crippen LogP contribution in [0.15, 0.2) is 0 Å². The van der Waals surface area contributed by atoms with E-state index < -0.39 is 21.7 Å². The lowest BCUT2D eigenvalue weighted by Gasteiger charge is -2.19. The van der Waals surface area contributed by atoms with E-state index in [2.05, 4.69) is 5.32 Å². The molecule has 2 saturated heterocycles. The number of nitrogens with zero attached hydrogens (tertiary/aromatic N) is 1. The van der Waals surface area contributed by atoms with E-state index >= 15 is 0 Å². The number of hydrogen-bond donors (Lipinski definition) is 2. The maximum Gasteiger partial charge on any atom is 0.317 e. The number of sulfone groups is 1. The topological polar surface area (TPSA) is 104 Å². The molecule has 0 aromatic carbocycles. The van der Waals surface area contributed by atoms with E-state index in [9.17, 15) is 18.0 Å². The second-order valence-electron chi connectivity index (χ2n) is 5.38. The van der Waals surface area contributed by atoms with E-state index in [1.165, 1.54) is 4.90 Å². The summed E-state index contributed by atoms with van der Waals surface area (Å²) >= 11 is 0. The Morgan fingerprint density at radius 1 is 1.32 bits per heavy atom. The molecule has 0 radical (unpaired) electrons. The highest BCUT2D eigenvalue weighted by molar-refractivity contribution is 7.91. The fourth-order valence-corrected chi connectivity index (χ4v) is 4.30. The maximum atomic E-state index is 12.0. The summed E-state index contributed by atoms with van der Waals surface area (Å²) in [5, 5.41) is 11.7. The zero-order valence-electron chi connectivity index (χ0n) is 10.7. The Kier molecular flexibility index (Phi) is 3.71. The number of amides is 2. The van der Waals surface area contributed by atoms with E-state index in [1.54, 1.807) is 6.92 Å². The van der Waals surface area contributed by atoms with Crippen molar-refractivity contribution in [2.75, 3.05) is 24.6 Å². The van der Waals surface area contributed by atoms with Gasteiger partial charge in [-0.3, -0.25) is 4.79 Å². The van der Waals surface area contributed by atoms with Gasteiger partial charge in [0.15, 0.2) is 9.84 Å². The van der Waals surface area contributed by atoms with Gasteiger partial charge in [0.1, 0.15) is 0 Å². The Morgan fingerprint density at radius 3 is 2.47 bits per heavy atom. The van der Waals surface area contributed by atoms with Crippen molar-refractivity contribution in [2.45, 2.75) is 19.4 Å². The van der Waals surface area contributed by atoms with Gasteiger partial charge >= 0.3 is 12.0 Å². The van der Waals surface area contributed by atoms with Crippen LogP contribution in [0.5, 0.6) is 0 Å². The van der Waals surface area contributed by atoms with Crippen LogP contribution >= 0.6 is 0 Å². The Bertz CT molecular complexity index is 489. The van der Waals surface area contributed by atoms with Gasteiger partial charge in [0.05, 0.1) is 17.4 Å². The van der Waals surface area contributed by atoms with Gasteiger partial charge < -0.3 is 15.3 Å². The number of likely N-dealkylation sites (tertiary alicyclic amines) is 1. The van der Waals surface area contributed by atoms with E-state index in [0.717, 1.165) is 0 Å². The molecule has 108 valence electrons. The monoisotopic (exact) mass is 290 g/mol. The fourth-order valence-electron chi connectivity index (χ4n) is 2.63. The number of carbonyl (C=O) groups excluding carboxylic acids is 1. The molecule has 0 aromatic rings. The summed E-state index contributed by atoms with van der Waals surface area (Å²) in [6, 6.07) is -0.714. The van der Waals surface area contributed by atoms with Gasteiger partial charge in [0.2, 0.25) is 0 Å². The van der Waals surface area contributed by atoms with Gasteiger partial charge in [0.25, 0.3) is 0 Å².